The van der Waals surface area contributed by atoms with E-state index in [1.807, 2.05) is 0 Å². The Hall–Kier alpha value is -1.18. The van der Waals surface area contributed by atoms with Crippen molar-refractivity contribution >= 4 is 27.3 Å². The van der Waals surface area contributed by atoms with E-state index in [9.17, 15) is 15.2 Å². The molecule has 1 aromatic carbocycles. The molecule has 0 saturated carbocycles. The summed E-state index contributed by atoms with van der Waals surface area (Å²) in [6.07, 6.45) is -0.864. The highest BCUT2D eigenvalue weighted by atomic mass is 79.9. The molecule has 0 radical (unpaired) electrons. The van der Waals surface area contributed by atoms with Crippen molar-refractivity contribution in [1.82, 2.24) is 0 Å². The molecule has 0 amide bonds. The van der Waals surface area contributed by atoms with Crippen LogP contribution in [0.25, 0.3) is 0 Å². The minimum Gasteiger partial charge on any atom is -0.394 e. The summed E-state index contributed by atoms with van der Waals surface area (Å²) < 4.78 is 0.542. The summed E-state index contributed by atoms with van der Waals surface area (Å²) >= 11 is 3.21. The molecule has 0 saturated heterocycles. The number of benzene rings is 1. The van der Waals surface area contributed by atoms with Crippen molar-refractivity contribution in [2.24, 2.45) is 0 Å². The van der Waals surface area contributed by atoms with Crippen LogP contribution in [0, 0.1) is 17.0 Å². The van der Waals surface area contributed by atoms with Crippen LogP contribution in [0.3, 0.4) is 0 Å². The van der Waals surface area contributed by atoms with E-state index in [0.29, 0.717) is 15.7 Å². The zero-order valence-electron chi connectivity index (χ0n) is 9.18. The van der Waals surface area contributed by atoms with Gasteiger partial charge in [0.05, 0.1) is 17.6 Å². The molecule has 1 atom stereocenters. The number of aliphatic hydroxyl groups excluding tert-OH is 2. The third kappa shape index (κ3) is 3.65. The average molecular weight is 305 g/mol. The number of nitrogens with zero attached hydrogens (tertiary/aromatic N) is 1. The van der Waals surface area contributed by atoms with Gasteiger partial charge in [0, 0.05) is 28.3 Å². The SMILES string of the molecule is Cc1cc(NC[C@H](O)CO)c(Br)cc1[N+](=O)[O-]. The third-order valence-electron chi connectivity index (χ3n) is 2.22. The lowest BCUT2D eigenvalue weighted by Crippen LogP contribution is -2.23. The largest absolute Gasteiger partial charge is 0.394 e. The summed E-state index contributed by atoms with van der Waals surface area (Å²) in [4.78, 5) is 10.2. The maximum atomic E-state index is 10.7. The first-order chi connectivity index (χ1) is 7.95. The van der Waals surface area contributed by atoms with Gasteiger partial charge in [0.1, 0.15) is 0 Å². The van der Waals surface area contributed by atoms with Gasteiger partial charge in [-0.15, -0.1) is 0 Å². The number of rotatable bonds is 5. The van der Waals surface area contributed by atoms with Crippen LogP contribution in [0.15, 0.2) is 16.6 Å². The van der Waals surface area contributed by atoms with Crippen LogP contribution in [0.5, 0.6) is 0 Å². The van der Waals surface area contributed by atoms with E-state index in [4.69, 9.17) is 5.11 Å². The van der Waals surface area contributed by atoms with E-state index in [0.717, 1.165) is 0 Å². The summed E-state index contributed by atoms with van der Waals surface area (Å²) in [5.74, 6) is 0. The number of anilines is 1. The number of aliphatic hydroxyl groups is 2. The fourth-order valence-corrected chi connectivity index (χ4v) is 1.77. The molecular formula is C10H13BrN2O4. The molecule has 0 bridgehead atoms. The van der Waals surface area contributed by atoms with Gasteiger partial charge < -0.3 is 15.5 Å². The summed E-state index contributed by atoms with van der Waals surface area (Å²) in [7, 11) is 0. The van der Waals surface area contributed by atoms with Crippen LogP contribution >= 0.6 is 15.9 Å². The monoisotopic (exact) mass is 304 g/mol. The fraction of sp³-hybridized carbons (Fsp3) is 0.400. The average Bonchev–Trinajstić information content (AvgIpc) is 2.28. The van der Waals surface area contributed by atoms with Gasteiger partial charge in [-0.3, -0.25) is 10.1 Å². The third-order valence-corrected chi connectivity index (χ3v) is 2.88. The predicted octanol–water partition coefficient (Wildman–Crippen LogP) is 1.43. The number of hydrogen-bond donors (Lipinski definition) is 3. The van der Waals surface area contributed by atoms with Crippen LogP contribution < -0.4 is 5.32 Å². The summed E-state index contributed by atoms with van der Waals surface area (Å²) in [5.41, 5.74) is 1.20. The van der Waals surface area contributed by atoms with Crippen LogP contribution in [0.2, 0.25) is 0 Å². The van der Waals surface area contributed by atoms with Crippen molar-refractivity contribution in [2.45, 2.75) is 13.0 Å². The Morgan fingerprint density at radius 3 is 2.76 bits per heavy atom. The van der Waals surface area contributed by atoms with E-state index in [2.05, 4.69) is 21.2 Å². The van der Waals surface area contributed by atoms with E-state index in [1.54, 1.807) is 13.0 Å². The second kappa shape index (κ2) is 5.95. The molecule has 0 unspecified atom stereocenters. The molecule has 17 heavy (non-hydrogen) atoms. The maximum Gasteiger partial charge on any atom is 0.273 e. The molecular weight excluding hydrogens is 292 g/mol. The lowest BCUT2D eigenvalue weighted by atomic mass is 10.2. The molecule has 1 aromatic rings. The van der Waals surface area contributed by atoms with Gasteiger partial charge in [-0.2, -0.15) is 0 Å². The van der Waals surface area contributed by atoms with E-state index >= 15 is 0 Å². The van der Waals surface area contributed by atoms with Crippen molar-refractivity contribution < 1.29 is 15.1 Å². The van der Waals surface area contributed by atoms with Crippen LogP contribution in [0.1, 0.15) is 5.56 Å². The Labute approximate surface area is 107 Å². The number of hydrogen-bond acceptors (Lipinski definition) is 5. The number of nitro groups is 1. The summed E-state index contributed by atoms with van der Waals surface area (Å²) in [6, 6.07) is 3.02. The molecule has 0 fully saturated rings. The zero-order chi connectivity index (χ0) is 13.0. The molecule has 94 valence electrons. The lowest BCUT2D eigenvalue weighted by Gasteiger charge is -2.12. The van der Waals surface area contributed by atoms with Gasteiger partial charge in [0.25, 0.3) is 5.69 Å². The molecule has 3 N–H and O–H groups in total. The van der Waals surface area contributed by atoms with Gasteiger partial charge in [-0.05, 0) is 28.9 Å². The first-order valence-electron chi connectivity index (χ1n) is 4.93. The first kappa shape index (κ1) is 13.9. The number of nitrogens with one attached hydrogen (secondary N) is 1. The highest BCUT2D eigenvalue weighted by molar-refractivity contribution is 9.10. The molecule has 1 rings (SSSR count). The second-order valence-corrected chi connectivity index (χ2v) is 4.45. The highest BCUT2D eigenvalue weighted by Gasteiger charge is 2.14. The van der Waals surface area contributed by atoms with Gasteiger partial charge in [-0.1, -0.05) is 0 Å². The molecule has 0 aliphatic rings. The molecule has 0 aliphatic carbocycles. The maximum absolute atomic E-state index is 10.7. The van der Waals surface area contributed by atoms with Gasteiger partial charge in [0.15, 0.2) is 0 Å². The van der Waals surface area contributed by atoms with Gasteiger partial charge >= 0.3 is 0 Å². The molecule has 0 spiro atoms. The van der Waals surface area contributed by atoms with Gasteiger partial charge in [0.2, 0.25) is 0 Å². The Kier molecular flexibility index (Phi) is 4.86. The zero-order valence-corrected chi connectivity index (χ0v) is 10.8. The van der Waals surface area contributed by atoms with E-state index < -0.39 is 11.0 Å². The second-order valence-electron chi connectivity index (χ2n) is 3.59. The van der Waals surface area contributed by atoms with Crippen molar-refractivity contribution in [2.75, 3.05) is 18.5 Å². The molecule has 7 heteroatoms. The Balaban J connectivity index is 2.88. The quantitative estimate of drug-likeness (QED) is 0.565. The van der Waals surface area contributed by atoms with Gasteiger partial charge in [-0.25, -0.2) is 0 Å². The number of nitro benzene ring substituents is 1. The Morgan fingerprint density at radius 1 is 1.59 bits per heavy atom. The van der Waals surface area contributed by atoms with Crippen LogP contribution in [-0.2, 0) is 0 Å². The topological polar surface area (TPSA) is 95.6 Å². The lowest BCUT2D eigenvalue weighted by molar-refractivity contribution is -0.385. The minimum atomic E-state index is -0.864. The first-order valence-corrected chi connectivity index (χ1v) is 5.72. The molecule has 0 heterocycles. The van der Waals surface area contributed by atoms with Crippen molar-refractivity contribution in [3.63, 3.8) is 0 Å². The molecule has 6 nitrogen and oxygen atoms in total. The fourth-order valence-electron chi connectivity index (χ4n) is 1.30. The predicted molar refractivity (Wildman–Crippen MR) is 67.1 cm³/mol. The molecule has 0 aromatic heterocycles. The number of aryl methyl sites for hydroxylation is 1. The summed E-state index contributed by atoms with van der Waals surface area (Å²) in [6.45, 7) is 1.47. The van der Waals surface area contributed by atoms with Crippen molar-refractivity contribution in [1.29, 1.82) is 0 Å². The Bertz CT molecular complexity index is 425. The summed E-state index contributed by atoms with van der Waals surface area (Å²) in [5, 5.41) is 31.4. The normalized spacial score (nSPS) is 12.2. The highest BCUT2D eigenvalue weighted by Crippen LogP contribution is 2.30. The smallest absolute Gasteiger partial charge is 0.273 e. The van der Waals surface area contributed by atoms with Crippen molar-refractivity contribution in [3.05, 3.63) is 32.3 Å². The minimum absolute atomic E-state index is 0.0325. The molecule has 0 aliphatic heterocycles. The Morgan fingerprint density at radius 2 is 2.24 bits per heavy atom. The van der Waals surface area contributed by atoms with Crippen LogP contribution in [0.4, 0.5) is 11.4 Å². The van der Waals surface area contributed by atoms with E-state index in [1.165, 1.54) is 6.07 Å². The standard InChI is InChI=1S/C10H13BrN2O4/c1-6-2-9(12-4-7(15)5-14)8(11)3-10(6)13(16)17/h2-3,7,12,14-15H,4-5H2,1H3/t7-/m0/s1. The van der Waals surface area contributed by atoms with Crippen molar-refractivity contribution in [3.8, 4) is 0 Å². The van der Waals surface area contributed by atoms with E-state index in [-0.39, 0.29) is 18.8 Å². The number of halogens is 1. The van der Waals surface area contributed by atoms with Crippen LogP contribution in [-0.4, -0.2) is 34.4 Å².